The molecule has 0 spiro atoms. The fraction of sp³-hybridized carbons (Fsp3) is 0.679. The molecule has 1 atom stereocenters. The molecule has 1 amide bonds. The molecule has 11 heteroatoms. The van der Waals surface area contributed by atoms with Gasteiger partial charge in [-0.2, -0.15) is 9.61 Å². The maximum Gasteiger partial charge on any atom is 0.414 e. The largest absolute Gasteiger partial charge is 0.443 e. The standard InChI is InChI=1S/C28H49N5O4Si2/c1-28(2,3)37-27(34)31-14-11-23(12-15-31)24-20-26(33-25(30-24)10-13-29-33)32(21-35-16-18-38(4,5)6)22-36-17-19-39(7,8)9/h10-11,13-14,20,23H,12,15-19,21-22H2,1-9H3. The predicted molar refractivity (Wildman–Crippen MR) is 163 cm³/mol. The number of nitrogens with zero attached hydrogens (tertiary/aromatic N) is 5. The van der Waals surface area contributed by atoms with Crippen molar-refractivity contribution in [3.63, 3.8) is 0 Å². The van der Waals surface area contributed by atoms with Gasteiger partial charge in [-0.3, -0.25) is 4.90 Å². The third-order valence-electron chi connectivity index (χ3n) is 6.36. The first-order chi connectivity index (χ1) is 18.1. The molecular weight excluding hydrogens is 527 g/mol. The van der Waals surface area contributed by atoms with E-state index < -0.39 is 21.7 Å². The Morgan fingerprint density at radius 1 is 1.05 bits per heavy atom. The Labute approximate surface area is 236 Å². The highest BCUT2D eigenvalue weighted by Gasteiger charge is 2.26. The zero-order valence-electron chi connectivity index (χ0n) is 25.5. The number of fused-ring (bicyclic) bond motifs is 1. The highest BCUT2D eigenvalue weighted by Crippen LogP contribution is 2.29. The van der Waals surface area contributed by atoms with Gasteiger partial charge >= 0.3 is 6.09 Å². The molecular formula is C28H49N5O4Si2. The van der Waals surface area contributed by atoms with Crippen LogP contribution in [0.2, 0.25) is 51.4 Å². The maximum atomic E-state index is 12.5. The summed E-state index contributed by atoms with van der Waals surface area (Å²) in [5, 5.41) is 4.56. The number of hydrogen-bond acceptors (Lipinski definition) is 7. The number of amides is 1. The summed E-state index contributed by atoms with van der Waals surface area (Å²) >= 11 is 0. The van der Waals surface area contributed by atoms with Gasteiger partial charge < -0.3 is 19.1 Å². The summed E-state index contributed by atoms with van der Waals surface area (Å²) < 4.78 is 19.7. The lowest BCUT2D eigenvalue weighted by molar-refractivity contribution is 0.0324. The quantitative estimate of drug-likeness (QED) is 0.165. The van der Waals surface area contributed by atoms with Crippen molar-refractivity contribution in [1.29, 1.82) is 0 Å². The fourth-order valence-electron chi connectivity index (χ4n) is 3.98. The topological polar surface area (TPSA) is 81.4 Å². The molecule has 1 unspecified atom stereocenters. The molecule has 39 heavy (non-hydrogen) atoms. The molecule has 2 aromatic rings. The molecule has 3 rings (SSSR count). The number of aromatic nitrogens is 3. The molecule has 0 aliphatic carbocycles. The van der Waals surface area contributed by atoms with Gasteiger partial charge in [-0.25, -0.2) is 9.78 Å². The average Bonchev–Trinajstić information content (AvgIpc) is 3.29. The van der Waals surface area contributed by atoms with Gasteiger partial charge in [0.2, 0.25) is 0 Å². The molecule has 9 nitrogen and oxygen atoms in total. The van der Waals surface area contributed by atoms with Crippen LogP contribution in [0.15, 0.2) is 30.6 Å². The molecule has 2 aromatic heterocycles. The molecule has 3 heterocycles. The van der Waals surface area contributed by atoms with Crippen molar-refractivity contribution in [3.8, 4) is 0 Å². The van der Waals surface area contributed by atoms with E-state index >= 15 is 0 Å². The first-order valence-electron chi connectivity index (χ1n) is 14.0. The van der Waals surface area contributed by atoms with E-state index in [1.165, 1.54) is 0 Å². The second-order valence-electron chi connectivity index (χ2n) is 13.8. The van der Waals surface area contributed by atoms with Crippen LogP contribution in [0.1, 0.15) is 38.8 Å². The second kappa shape index (κ2) is 13.0. The highest BCUT2D eigenvalue weighted by molar-refractivity contribution is 6.76. The van der Waals surface area contributed by atoms with Gasteiger partial charge in [0.1, 0.15) is 24.9 Å². The molecule has 0 fully saturated rings. The van der Waals surface area contributed by atoms with Crippen LogP contribution in [-0.2, 0) is 14.2 Å². The third-order valence-corrected chi connectivity index (χ3v) is 9.77. The van der Waals surface area contributed by atoms with Crippen molar-refractivity contribution in [1.82, 2.24) is 19.5 Å². The van der Waals surface area contributed by atoms with Crippen LogP contribution in [-0.4, -0.2) is 80.6 Å². The normalized spacial score (nSPS) is 16.6. The number of ether oxygens (including phenoxy) is 3. The molecule has 0 bridgehead atoms. The van der Waals surface area contributed by atoms with Gasteiger partial charge in [-0.05, 0) is 39.3 Å². The molecule has 1 aliphatic rings. The van der Waals surface area contributed by atoms with Crippen LogP contribution < -0.4 is 4.90 Å². The van der Waals surface area contributed by atoms with E-state index in [1.807, 2.05) is 43.6 Å². The van der Waals surface area contributed by atoms with E-state index in [-0.39, 0.29) is 12.0 Å². The number of carbonyl (C=O) groups excluding carboxylic acids is 1. The van der Waals surface area contributed by atoms with E-state index in [1.54, 1.807) is 11.1 Å². The number of hydrogen-bond donors (Lipinski definition) is 0. The molecule has 0 N–H and O–H groups in total. The lowest BCUT2D eigenvalue weighted by atomic mass is 9.98. The fourth-order valence-corrected chi connectivity index (χ4v) is 5.50. The van der Waals surface area contributed by atoms with Crippen LogP contribution >= 0.6 is 0 Å². The summed E-state index contributed by atoms with van der Waals surface area (Å²) in [6.07, 6.45) is 6.06. The van der Waals surface area contributed by atoms with E-state index in [0.29, 0.717) is 20.0 Å². The van der Waals surface area contributed by atoms with Gasteiger partial charge in [0.25, 0.3) is 0 Å². The van der Waals surface area contributed by atoms with Crippen LogP contribution in [0.25, 0.3) is 5.65 Å². The first kappa shape index (κ1) is 31.3. The van der Waals surface area contributed by atoms with Crippen molar-refractivity contribution in [3.05, 3.63) is 36.3 Å². The summed E-state index contributed by atoms with van der Waals surface area (Å²) in [4.78, 5) is 21.2. The molecule has 0 radical (unpaired) electrons. The predicted octanol–water partition coefficient (Wildman–Crippen LogP) is 6.40. The summed E-state index contributed by atoms with van der Waals surface area (Å²) in [7, 11) is -2.39. The van der Waals surface area contributed by atoms with E-state index in [9.17, 15) is 4.79 Å². The molecule has 0 aromatic carbocycles. The zero-order chi connectivity index (χ0) is 28.8. The van der Waals surface area contributed by atoms with Crippen molar-refractivity contribution >= 4 is 33.7 Å². The molecule has 0 saturated carbocycles. The minimum absolute atomic E-state index is 0.0739. The molecule has 1 aliphatic heterocycles. The summed E-state index contributed by atoms with van der Waals surface area (Å²) in [5.74, 6) is 0.966. The van der Waals surface area contributed by atoms with E-state index in [4.69, 9.17) is 19.2 Å². The Balaban J connectivity index is 1.81. The SMILES string of the molecule is CC(C)(C)OC(=O)N1C=CC(c2cc(N(COCC[Si](C)(C)C)COCC[Si](C)(C)C)n3nccc3n2)CC1. The third kappa shape index (κ3) is 10.4. The highest BCUT2D eigenvalue weighted by atomic mass is 28.3. The molecule has 0 saturated heterocycles. The summed E-state index contributed by atoms with van der Waals surface area (Å²) in [5.41, 5.74) is 1.19. The Hall–Kier alpha value is -2.22. The number of allylic oxidation sites excluding steroid dienone is 1. The summed E-state index contributed by atoms with van der Waals surface area (Å²) in [6, 6.07) is 6.22. The van der Waals surface area contributed by atoms with Crippen molar-refractivity contribution in [2.75, 3.05) is 38.1 Å². The first-order valence-corrected chi connectivity index (χ1v) is 21.5. The van der Waals surface area contributed by atoms with Gasteiger partial charge in [0.05, 0.1) is 11.9 Å². The van der Waals surface area contributed by atoms with Crippen molar-refractivity contribution < 1.29 is 19.0 Å². The average molecular weight is 576 g/mol. The Bertz CT molecular complexity index is 1100. The summed E-state index contributed by atoms with van der Waals surface area (Å²) in [6.45, 7) is 22.7. The van der Waals surface area contributed by atoms with Crippen LogP contribution in [0, 0.1) is 0 Å². The smallest absolute Gasteiger partial charge is 0.414 e. The second-order valence-corrected chi connectivity index (χ2v) is 25.0. The zero-order valence-corrected chi connectivity index (χ0v) is 27.5. The van der Waals surface area contributed by atoms with E-state index in [2.05, 4.69) is 55.3 Å². The van der Waals surface area contributed by atoms with Crippen LogP contribution in [0.5, 0.6) is 0 Å². The van der Waals surface area contributed by atoms with Gasteiger partial charge in [-0.15, -0.1) is 0 Å². The van der Waals surface area contributed by atoms with Gasteiger partial charge in [0, 0.05) is 60.2 Å². The Morgan fingerprint density at radius 2 is 1.67 bits per heavy atom. The lowest BCUT2D eigenvalue weighted by Gasteiger charge is -2.30. The molecule has 218 valence electrons. The van der Waals surface area contributed by atoms with Crippen LogP contribution in [0.4, 0.5) is 10.6 Å². The van der Waals surface area contributed by atoms with Gasteiger partial charge in [0.15, 0.2) is 5.65 Å². The van der Waals surface area contributed by atoms with Gasteiger partial charge in [-0.1, -0.05) is 45.4 Å². The lowest BCUT2D eigenvalue weighted by Crippen LogP contribution is -2.36. The number of rotatable bonds is 12. The van der Waals surface area contributed by atoms with Crippen LogP contribution in [0.3, 0.4) is 0 Å². The monoisotopic (exact) mass is 575 g/mol. The Kier molecular flexibility index (Phi) is 10.4. The maximum absolute atomic E-state index is 12.5. The van der Waals surface area contributed by atoms with E-state index in [0.717, 1.165) is 48.9 Å². The van der Waals surface area contributed by atoms with Crippen molar-refractivity contribution in [2.45, 2.75) is 90.1 Å². The number of anilines is 1. The number of carbonyl (C=O) groups is 1. The minimum Gasteiger partial charge on any atom is -0.443 e. The minimum atomic E-state index is -1.19. The van der Waals surface area contributed by atoms with Crippen molar-refractivity contribution in [2.24, 2.45) is 0 Å². The Morgan fingerprint density at radius 3 is 2.18 bits per heavy atom.